The van der Waals surface area contributed by atoms with Gasteiger partial charge in [-0.3, -0.25) is 0 Å². The van der Waals surface area contributed by atoms with Crippen LogP contribution in [0.25, 0.3) is 0 Å². The summed E-state index contributed by atoms with van der Waals surface area (Å²) in [6, 6.07) is 10.7. The predicted molar refractivity (Wildman–Crippen MR) is 92.5 cm³/mol. The van der Waals surface area contributed by atoms with Crippen LogP contribution in [0.15, 0.2) is 38.6 Å². The van der Waals surface area contributed by atoms with Crippen molar-refractivity contribution in [3.8, 4) is 5.75 Å². The predicted octanol–water partition coefficient (Wildman–Crippen LogP) is 5.35. The zero-order valence-electron chi connectivity index (χ0n) is 11.5. The van der Waals surface area contributed by atoms with Crippen molar-refractivity contribution in [2.45, 2.75) is 33.0 Å². The largest absolute Gasteiger partial charge is 0.487 e. The topological polar surface area (TPSA) is 21.3 Å². The molecule has 2 nitrogen and oxygen atoms in total. The summed E-state index contributed by atoms with van der Waals surface area (Å²) in [6.45, 7) is 5.68. The maximum atomic E-state index is 6.00. The second kappa shape index (κ2) is 7.59. The molecule has 5 heteroatoms. The van der Waals surface area contributed by atoms with Crippen molar-refractivity contribution in [3.63, 3.8) is 0 Å². The summed E-state index contributed by atoms with van der Waals surface area (Å²) in [5.41, 5.74) is 1.17. The van der Waals surface area contributed by atoms with Gasteiger partial charge in [0.1, 0.15) is 12.4 Å². The van der Waals surface area contributed by atoms with Crippen LogP contribution in [-0.2, 0) is 13.2 Å². The molecule has 0 fully saturated rings. The minimum absolute atomic E-state index is 0.454. The van der Waals surface area contributed by atoms with E-state index in [0.717, 1.165) is 20.6 Å². The summed E-state index contributed by atoms with van der Waals surface area (Å²) in [4.78, 5) is 1.20. The van der Waals surface area contributed by atoms with Gasteiger partial charge in [-0.2, -0.15) is 0 Å². The second-order valence-electron chi connectivity index (χ2n) is 4.76. The van der Waals surface area contributed by atoms with Crippen LogP contribution >= 0.6 is 43.2 Å². The molecule has 1 heterocycles. The van der Waals surface area contributed by atoms with E-state index < -0.39 is 0 Å². The highest BCUT2D eigenvalue weighted by Gasteiger charge is 2.09. The van der Waals surface area contributed by atoms with E-state index in [2.05, 4.69) is 63.2 Å². The standard InChI is InChI=1S/C15H17Br2NOS/c1-10(2)18-8-11-4-3-5-13(16)15(11)19-9-12-6-7-14(17)20-12/h3-7,10,18H,8-9H2,1-2H3. The third kappa shape index (κ3) is 4.58. The first-order valence-corrected chi connectivity index (χ1v) is 8.84. The maximum absolute atomic E-state index is 6.00. The Morgan fingerprint density at radius 1 is 1.20 bits per heavy atom. The molecule has 0 aliphatic carbocycles. The van der Waals surface area contributed by atoms with Crippen LogP contribution < -0.4 is 10.1 Å². The molecule has 0 radical (unpaired) electrons. The molecule has 2 rings (SSSR count). The van der Waals surface area contributed by atoms with E-state index >= 15 is 0 Å². The van der Waals surface area contributed by atoms with Crippen LogP contribution in [0.3, 0.4) is 0 Å². The summed E-state index contributed by atoms with van der Waals surface area (Å²) in [5.74, 6) is 0.921. The van der Waals surface area contributed by atoms with E-state index in [9.17, 15) is 0 Å². The first kappa shape index (κ1) is 16.0. The van der Waals surface area contributed by atoms with Crippen molar-refractivity contribution in [1.82, 2.24) is 5.32 Å². The van der Waals surface area contributed by atoms with Crippen molar-refractivity contribution in [2.24, 2.45) is 0 Å². The Morgan fingerprint density at radius 2 is 2.00 bits per heavy atom. The molecule has 0 spiro atoms. The van der Waals surface area contributed by atoms with Crippen LogP contribution in [0.5, 0.6) is 5.75 Å². The number of ether oxygens (including phenoxy) is 1. The molecule has 0 atom stereocenters. The van der Waals surface area contributed by atoms with Crippen LogP contribution in [0, 0.1) is 0 Å². The fraction of sp³-hybridized carbons (Fsp3) is 0.333. The number of thiophene rings is 1. The molecule has 0 aliphatic rings. The molecule has 108 valence electrons. The van der Waals surface area contributed by atoms with Crippen LogP contribution in [0.1, 0.15) is 24.3 Å². The third-order valence-electron chi connectivity index (χ3n) is 2.74. The Labute approximate surface area is 140 Å². The van der Waals surface area contributed by atoms with Crippen molar-refractivity contribution >= 4 is 43.2 Å². The number of hydrogen-bond donors (Lipinski definition) is 1. The number of rotatable bonds is 6. The Kier molecular flexibility index (Phi) is 6.08. The van der Waals surface area contributed by atoms with Gasteiger partial charge in [-0.1, -0.05) is 26.0 Å². The second-order valence-corrected chi connectivity index (χ2v) is 8.16. The lowest BCUT2D eigenvalue weighted by molar-refractivity contribution is 0.303. The van der Waals surface area contributed by atoms with Gasteiger partial charge in [0.25, 0.3) is 0 Å². The van der Waals surface area contributed by atoms with Gasteiger partial charge in [-0.15, -0.1) is 11.3 Å². The molecule has 0 saturated carbocycles. The molecular formula is C15H17Br2NOS. The average Bonchev–Trinajstić information content (AvgIpc) is 2.81. The minimum Gasteiger partial charge on any atom is -0.487 e. The van der Waals surface area contributed by atoms with Crippen LogP contribution in [0.4, 0.5) is 0 Å². The van der Waals surface area contributed by atoms with E-state index in [-0.39, 0.29) is 0 Å². The Balaban J connectivity index is 2.08. The van der Waals surface area contributed by atoms with Crippen LogP contribution in [0.2, 0.25) is 0 Å². The van der Waals surface area contributed by atoms with Crippen molar-refractivity contribution in [2.75, 3.05) is 0 Å². The fourth-order valence-electron chi connectivity index (χ4n) is 1.74. The fourth-order valence-corrected chi connectivity index (χ4v) is 3.66. The lowest BCUT2D eigenvalue weighted by atomic mass is 10.2. The number of hydrogen-bond acceptors (Lipinski definition) is 3. The SMILES string of the molecule is CC(C)NCc1cccc(Br)c1OCc1ccc(Br)s1. The summed E-state index contributed by atoms with van der Waals surface area (Å²) < 4.78 is 8.13. The lowest BCUT2D eigenvalue weighted by Crippen LogP contribution is -2.22. The monoisotopic (exact) mass is 417 g/mol. The van der Waals surface area contributed by atoms with Gasteiger partial charge in [-0.25, -0.2) is 0 Å². The first-order chi connectivity index (χ1) is 9.56. The minimum atomic E-state index is 0.454. The number of benzene rings is 1. The molecule has 1 N–H and O–H groups in total. The maximum Gasteiger partial charge on any atom is 0.138 e. The van der Waals surface area contributed by atoms with Crippen molar-refractivity contribution < 1.29 is 4.74 Å². The van der Waals surface area contributed by atoms with Crippen molar-refractivity contribution in [3.05, 3.63) is 49.0 Å². The zero-order valence-corrected chi connectivity index (χ0v) is 15.4. The van der Waals surface area contributed by atoms with E-state index in [1.807, 2.05) is 18.2 Å². The Bertz CT molecular complexity index is 569. The van der Waals surface area contributed by atoms with Gasteiger partial charge < -0.3 is 10.1 Å². The van der Waals surface area contributed by atoms with Crippen LogP contribution in [-0.4, -0.2) is 6.04 Å². The first-order valence-electron chi connectivity index (χ1n) is 6.44. The highest BCUT2D eigenvalue weighted by Crippen LogP contribution is 2.31. The molecule has 2 aromatic rings. The van der Waals surface area contributed by atoms with E-state index in [0.29, 0.717) is 12.6 Å². The third-order valence-corrected chi connectivity index (χ3v) is 4.96. The van der Waals surface area contributed by atoms with E-state index in [1.54, 1.807) is 11.3 Å². The number of halogens is 2. The van der Waals surface area contributed by atoms with Gasteiger partial charge in [0.15, 0.2) is 0 Å². The zero-order chi connectivity index (χ0) is 14.5. The van der Waals surface area contributed by atoms with Crippen molar-refractivity contribution in [1.29, 1.82) is 0 Å². The average molecular weight is 419 g/mol. The molecule has 0 saturated heterocycles. The highest BCUT2D eigenvalue weighted by atomic mass is 79.9. The molecule has 0 bridgehead atoms. The molecule has 0 aliphatic heterocycles. The molecule has 20 heavy (non-hydrogen) atoms. The Morgan fingerprint density at radius 3 is 2.65 bits per heavy atom. The number of para-hydroxylation sites is 1. The Hall–Kier alpha value is -0.360. The lowest BCUT2D eigenvalue weighted by Gasteiger charge is -2.14. The summed E-state index contributed by atoms with van der Waals surface area (Å²) >= 11 is 8.74. The molecule has 0 unspecified atom stereocenters. The molecule has 0 amide bonds. The highest BCUT2D eigenvalue weighted by molar-refractivity contribution is 9.11. The molecule has 1 aromatic heterocycles. The quantitative estimate of drug-likeness (QED) is 0.682. The van der Waals surface area contributed by atoms with Gasteiger partial charge in [-0.05, 0) is 50.1 Å². The van der Waals surface area contributed by atoms with Gasteiger partial charge >= 0.3 is 0 Å². The summed E-state index contributed by atoms with van der Waals surface area (Å²) in [6.07, 6.45) is 0. The van der Waals surface area contributed by atoms with Gasteiger partial charge in [0.2, 0.25) is 0 Å². The molecule has 1 aromatic carbocycles. The van der Waals surface area contributed by atoms with Gasteiger partial charge in [0.05, 0.1) is 8.26 Å². The van der Waals surface area contributed by atoms with Gasteiger partial charge in [0, 0.05) is 23.0 Å². The van der Waals surface area contributed by atoms with E-state index in [1.165, 1.54) is 10.4 Å². The summed E-state index contributed by atoms with van der Waals surface area (Å²) in [5, 5.41) is 3.43. The normalized spacial score (nSPS) is 11.1. The summed E-state index contributed by atoms with van der Waals surface area (Å²) in [7, 11) is 0. The number of nitrogens with one attached hydrogen (secondary N) is 1. The van der Waals surface area contributed by atoms with E-state index in [4.69, 9.17) is 4.74 Å². The molecular weight excluding hydrogens is 402 g/mol. The smallest absolute Gasteiger partial charge is 0.138 e.